The van der Waals surface area contributed by atoms with Crippen LogP contribution in [0.1, 0.15) is 11.1 Å². The van der Waals surface area contributed by atoms with Gasteiger partial charge in [-0.2, -0.15) is 0 Å². The molecule has 0 saturated carbocycles. The molecule has 1 aromatic rings. The predicted molar refractivity (Wildman–Crippen MR) is 108 cm³/mol. The van der Waals surface area contributed by atoms with Gasteiger partial charge in [-0.05, 0) is 43.0 Å². The Hall–Kier alpha value is -2.52. The van der Waals surface area contributed by atoms with Gasteiger partial charge in [-0.1, -0.05) is 12.1 Å². The number of benzene rings is 1. The molecule has 1 unspecified atom stereocenters. The second-order valence-electron chi connectivity index (χ2n) is 7.22. The summed E-state index contributed by atoms with van der Waals surface area (Å²) in [5, 5.41) is 2.68. The first-order chi connectivity index (χ1) is 13.4. The highest BCUT2D eigenvalue weighted by Gasteiger charge is 2.43. The number of anilines is 1. The number of aryl methyl sites for hydroxylation is 1. The second kappa shape index (κ2) is 7.14. The van der Waals surface area contributed by atoms with Crippen LogP contribution in [0.2, 0.25) is 0 Å². The Morgan fingerprint density at radius 2 is 1.86 bits per heavy atom. The van der Waals surface area contributed by atoms with E-state index >= 15 is 0 Å². The molecule has 1 aromatic carbocycles. The number of carbonyl (C=O) groups excluding carboxylic acids is 3. The van der Waals surface area contributed by atoms with Crippen LogP contribution >= 0.6 is 11.9 Å². The first kappa shape index (κ1) is 18.8. The van der Waals surface area contributed by atoms with Crippen molar-refractivity contribution < 1.29 is 14.4 Å². The van der Waals surface area contributed by atoms with Gasteiger partial charge in [0.2, 0.25) is 0 Å². The van der Waals surface area contributed by atoms with E-state index in [-0.39, 0.29) is 11.8 Å². The number of piperazine rings is 1. The van der Waals surface area contributed by atoms with Crippen molar-refractivity contribution in [1.29, 1.82) is 0 Å². The highest BCUT2D eigenvalue weighted by atomic mass is 32.2. The molecule has 9 heteroatoms. The summed E-state index contributed by atoms with van der Waals surface area (Å²) in [4.78, 5) is 42.7. The lowest BCUT2D eigenvalue weighted by Crippen LogP contribution is -2.56. The molecule has 1 atom stereocenters. The van der Waals surface area contributed by atoms with Crippen LogP contribution < -0.4 is 14.9 Å². The minimum atomic E-state index is -0.678. The van der Waals surface area contributed by atoms with Gasteiger partial charge < -0.3 is 15.1 Å². The van der Waals surface area contributed by atoms with E-state index in [1.165, 1.54) is 23.9 Å². The fraction of sp³-hybridized carbons (Fsp3) is 0.421. The molecule has 2 fully saturated rings. The first-order valence-electron chi connectivity index (χ1n) is 9.24. The lowest BCUT2D eigenvalue weighted by atomic mass is 10.1. The van der Waals surface area contributed by atoms with Gasteiger partial charge >= 0.3 is 6.03 Å². The van der Waals surface area contributed by atoms with Gasteiger partial charge in [0.05, 0.1) is 5.70 Å². The van der Waals surface area contributed by atoms with Gasteiger partial charge in [0.25, 0.3) is 11.8 Å². The molecule has 3 heterocycles. The SMILES string of the molecule is Cc1cccc(N2CCN(C(=O)C3=C4NC(=O)N(C)C(=O)C4NS3)CC2)c1C. The van der Waals surface area contributed by atoms with Crippen molar-refractivity contribution in [3.05, 3.63) is 39.9 Å². The largest absolute Gasteiger partial charge is 0.368 e. The second-order valence-corrected chi connectivity index (χ2v) is 8.07. The summed E-state index contributed by atoms with van der Waals surface area (Å²) in [5.74, 6) is -0.498. The topological polar surface area (TPSA) is 85.0 Å². The molecule has 8 nitrogen and oxygen atoms in total. The first-order valence-corrected chi connectivity index (χ1v) is 10.1. The highest BCUT2D eigenvalue weighted by molar-refractivity contribution is 8.02. The molecule has 2 N–H and O–H groups in total. The molecule has 3 aliphatic rings. The number of fused-ring (bicyclic) bond motifs is 1. The lowest BCUT2D eigenvalue weighted by Gasteiger charge is -2.37. The van der Waals surface area contributed by atoms with Crippen LogP contribution in [0.25, 0.3) is 0 Å². The average molecular weight is 401 g/mol. The van der Waals surface area contributed by atoms with Gasteiger partial charge in [0.1, 0.15) is 10.9 Å². The van der Waals surface area contributed by atoms with E-state index < -0.39 is 12.1 Å². The number of imide groups is 1. The molecular formula is C19H23N5O3S. The third-order valence-electron chi connectivity index (χ3n) is 5.61. The van der Waals surface area contributed by atoms with Crippen molar-refractivity contribution in [3.63, 3.8) is 0 Å². The number of urea groups is 1. The van der Waals surface area contributed by atoms with Gasteiger partial charge in [0.15, 0.2) is 0 Å². The molecule has 0 aliphatic carbocycles. The average Bonchev–Trinajstić information content (AvgIpc) is 3.11. The Kier molecular flexibility index (Phi) is 4.80. The predicted octanol–water partition coefficient (Wildman–Crippen LogP) is 0.965. The van der Waals surface area contributed by atoms with Crippen LogP contribution in [0.15, 0.2) is 28.8 Å². The molecule has 4 amide bonds. The number of rotatable bonds is 2. The lowest BCUT2D eigenvalue weighted by molar-refractivity contribution is -0.128. The highest BCUT2D eigenvalue weighted by Crippen LogP contribution is 2.32. The molecule has 0 bridgehead atoms. The van der Waals surface area contributed by atoms with Crippen LogP contribution in [0.3, 0.4) is 0 Å². The van der Waals surface area contributed by atoms with Crippen LogP contribution in [-0.4, -0.2) is 66.9 Å². The monoisotopic (exact) mass is 401 g/mol. The molecular weight excluding hydrogens is 378 g/mol. The van der Waals surface area contributed by atoms with Crippen molar-refractivity contribution in [2.24, 2.45) is 0 Å². The molecule has 0 aromatic heterocycles. The van der Waals surface area contributed by atoms with Crippen LogP contribution in [0.4, 0.5) is 10.5 Å². The van der Waals surface area contributed by atoms with E-state index in [0.29, 0.717) is 23.7 Å². The molecule has 0 spiro atoms. The molecule has 3 aliphatic heterocycles. The zero-order valence-electron chi connectivity index (χ0n) is 16.1. The van der Waals surface area contributed by atoms with E-state index in [0.717, 1.165) is 29.9 Å². The van der Waals surface area contributed by atoms with E-state index in [1.54, 1.807) is 4.90 Å². The van der Waals surface area contributed by atoms with E-state index in [1.807, 2.05) is 0 Å². The summed E-state index contributed by atoms with van der Waals surface area (Å²) in [7, 11) is 1.42. The summed E-state index contributed by atoms with van der Waals surface area (Å²) < 4.78 is 2.96. The fourth-order valence-electron chi connectivity index (χ4n) is 3.69. The van der Waals surface area contributed by atoms with Gasteiger partial charge in [0, 0.05) is 38.9 Å². The number of likely N-dealkylation sites (N-methyl/N-ethyl adjacent to an activating group) is 1. The zero-order valence-corrected chi connectivity index (χ0v) is 16.9. The zero-order chi connectivity index (χ0) is 20.0. The molecule has 28 heavy (non-hydrogen) atoms. The van der Waals surface area contributed by atoms with Gasteiger partial charge in [-0.3, -0.25) is 14.5 Å². The normalized spacial score (nSPS) is 22.5. The van der Waals surface area contributed by atoms with Crippen molar-refractivity contribution in [2.45, 2.75) is 19.9 Å². The van der Waals surface area contributed by atoms with Crippen molar-refractivity contribution >= 4 is 35.5 Å². The smallest absolute Gasteiger partial charge is 0.328 e. The summed E-state index contributed by atoms with van der Waals surface area (Å²) in [6.45, 7) is 6.90. The third kappa shape index (κ3) is 3.04. The Bertz CT molecular complexity index is 892. The number of nitrogens with one attached hydrogen (secondary N) is 2. The molecule has 4 rings (SSSR count). The summed E-state index contributed by atoms with van der Waals surface area (Å²) >= 11 is 1.12. The Balaban J connectivity index is 1.47. The Morgan fingerprint density at radius 3 is 2.57 bits per heavy atom. The Labute approximate surface area is 168 Å². The molecule has 2 saturated heterocycles. The number of carbonyl (C=O) groups is 3. The fourth-order valence-corrected chi connectivity index (χ4v) is 4.64. The maximum absolute atomic E-state index is 13.0. The number of amides is 4. The minimum Gasteiger partial charge on any atom is -0.368 e. The maximum atomic E-state index is 13.0. The minimum absolute atomic E-state index is 0.145. The van der Waals surface area contributed by atoms with Gasteiger partial charge in [-0.25, -0.2) is 9.52 Å². The van der Waals surface area contributed by atoms with Crippen molar-refractivity contribution in [1.82, 2.24) is 19.8 Å². The quantitative estimate of drug-likeness (QED) is 0.719. The standard InChI is InChI=1S/C19H23N5O3S/c1-11-5-4-6-13(12(11)2)23-7-9-24(10-8-23)18(26)16-14-15(21-28-16)17(25)22(3)19(27)20-14/h4-6,15,21H,7-10H2,1-3H3,(H,20,27). The summed E-state index contributed by atoms with van der Waals surface area (Å²) in [6.07, 6.45) is 0. The van der Waals surface area contributed by atoms with Crippen LogP contribution in [-0.2, 0) is 9.59 Å². The van der Waals surface area contributed by atoms with E-state index in [4.69, 9.17) is 0 Å². The van der Waals surface area contributed by atoms with Gasteiger partial charge in [-0.15, -0.1) is 0 Å². The summed E-state index contributed by atoms with van der Waals surface area (Å²) in [6, 6.07) is 5.09. The van der Waals surface area contributed by atoms with Crippen molar-refractivity contribution in [3.8, 4) is 0 Å². The number of hydrogen-bond donors (Lipinski definition) is 2. The molecule has 0 radical (unpaired) electrons. The molecule has 148 valence electrons. The summed E-state index contributed by atoms with van der Waals surface area (Å²) in [5.41, 5.74) is 4.10. The van der Waals surface area contributed by atoms with Crippen LogP contribution in [0, 0.1) is 13.8 Å². The Morgan fingerprint density at radius 1 is 1.14 bits per heavy atom. The van der Waals surface area contributed by atoms with Crippen LogP contribution in [0.5, 0.6) is 0 Å². The maximum Gasteiger partial charge on any atom is 0.328 e. The number of nitrogens with zero attached hydrogens (tertiary/aromatic N) is 3. The van der Waals surface area contributed by atoms with E-state index in [2.05, 4.69) is 47.0 Å². The van der Waals surface area contributed by atoms with E-state index in [9.17, 15) is 14.4 Å². The number of hydrogen-bond acceptors (Lipinski definition) is 6. The third-order valence-corrected chi connectivity index (χ3v) is 6.57. The van der Waals surface area contributed by atoms with Crippen molar-refractivity contribution in [2.75, 3.05) is 38.1 Å².